The van der Waals surface area contributed by atoms with Crippen molar-refractivity contribution in [1.29, 1.82) is 0 Å². The first-order chi connectivity index (χ1) is 7.31. The Morgan fingerprint density at radius 3 is 2.40 bits per heavy atom. The monoisotopic (exact) mass is 192 g/mol. The van der Waals surface area contributed by atoms with Crippen LogP contribution in [0.2, 0.25) is 0 Å². The van der Waals surface area contributed by atoms with Crippen molar-refractivity contribution in [3.8, 4) is 11.1 Å². The minimum absolute atomic E-state index is 0.608. The number of carbonyl (C=O) groups is 1. The predicted molar refractivity (Wildman–Crippen MR) is 62.7 cm³/mol. The van der Waals surface area contributed by atoms with E-state index in [1.807, 2.05) is 36.4 Å². The third kappa shape index (κ3) is 1.99. The van der Waals surface area contributed by atoms with E-state index in [0.717, 1.165) is 17.4 Å². The van der Waals surface area contributed by atoms with Crippen LogP contribution in [0.4, 0.5) is 0 Å². The Morgan fingerprint density at radius 1 is 1.00 bits per heavy atom. The van der Waals surface area contributed by atoms with Crippen LogP contribution in [0, 0.1) is 0 Å². The molecule has 1 nitrogen and oxygen atoms in total. The number of hydrogen-bond donors (Lipinski definition) is 0. The molecule has 70 valence electrons. The molecule has 0 unspecified atom stereocenters. The molecule has 0 spiro atoms. The number of aldehydes is 1. The maximum absolute atomic E-state index is 10.9. The van der Waals surface area contributed by atoms with Crippen LogP contribution in [-0.2, 0) is 0 Å². The molecule has 0 aliphatic heterocycles. The Bertz CT molecular complexity index is 477. The topological polar surface area (TPSA) is 17.1 Å². The summed E-state index contributed by atoms with van der Waals surface area (Å²) in [5.41, 5.74) is 3.18. The Labute approximate surface area is 90.2 Å². The van der Waals surface area contributed by atoms with Crippen molar-refractivity contribution in [3.05, 3.63) is 54.1 Å². The summed E-state index contributed by atoms with van der Waals surface area (Å²) in [5, 5.41) is 0. The molecule has 2 rings (SSSR count). The molecule has 0 heterocycles. The van der Waals surface area contributed by atoms with Crippen LogP contribution in [0.15, 0.2) is 48.5 Å². The third-order valence-electron chi connectivity index (χ3n) is 2.29. The van der Waals surface area contributed by atoms with E-state index < -0.39 is 0 Å². The van der Waals surface area contributed by atoms with Gasteiger partial charge in [-0.05, 0) is 11.1 Å². The van der Waals surface area contributed by atoms with Gasteiger partial charge in [-0.2, -0.15) is 0 Å². The second-order valence-electron chi connectivity index (χ2n) is 3.33. The van der Waals surface area contributed by atoms with Crippen LogP contribution in [0.25, 0.3) is 11.1 Å². The molecule has 2 radical (unpaired) electrons. The number of benzene rings is 2. The zero-order valence-corrected chi connectivity index (χ0v) is 8.18. The first-order valence-corrected chi connectivity index (χ1v) is 4.71. The maximum Gasteiger partial charge on any atom is 0.150 e. The average Bonchev–Trinajstić information content (AvgIpc) is 2.30. The number of carbonyl (C=O) groups excluding carboxylic acids is 1. The minimum Gasteiger partial charge on any atom is -0.298 e. The molecule has 0 aliphatic carbocycles. The molecule has 0 N–H and O–H groups in total. The summed E-state index contributed by atoms with van der Waals surface area (Å²) >= 11 is 0. The molecule has 0 saturated carbocycles. The molecule has 0 saturated heterocycles. The fourth-order valence-corrected chi connectivity index (χ4v) is 1.56. The lowest BCUT2D eigenvalue weighted by Gasteiger charge is -2.05. The third-order valence-corrected chi connectivity index (χ3v) is 2.29. The molecule has 0 aromatic heterocycles. The first kappa shape index (κ1) is 9.72. The van der Waals surface area contributed by atoms with Gasteiger partial charge in [-0.1, -0.05) is 54.0 Å². The predicted octanol–water partition coefficient (Wildman–Crippen LogP) is 1.96. The highest BCUT2D eigenvalue weighted by Gasteiger charge is 2.03. The highest BCUT2D eigenvalue weighted by atomic mass is 16.1. The van der Waals surface area contributed by atoms with Crippen molar-refractivity contribution in [2.24, 2.45) is 0 Å². The normalized spacial score (nSPS) is 9.87. The molecular weight excluding hydrogens is 183 g/mol. The summed E-state index contributed by atoms with van der Waals surface area (Å²) < 4.78 is 0. The molecule has 15 heavy (non-hydrogen) atoms. The van der Waals surface area contributed by atoms with Gasteiger partial charge in [0, 0.05) is 5.56 Å². The molecule has 0 fully saturated rings. The maximum atomic E-state index is 10.9. The Balaban J connectivity index is 2.58. The molecule has 2 aromatic rings. The number of hydrogen-bond acceptors (Lipinski definition) is 1. The van der Waals surface area contributed by atoms with E-state index in [1.165, 1.54) is 0 Å². The molecule has 0 aliphatic rings. The molecule has 0 amide bonds. The second-order valence-corrected chi connectivity index (χ2v) is 3.33. The summed E-state index contributed by atoms with van der Waals surface area (Å²) in [6, 6.07) is 15.1. The Morgan fingerprint density at radius 2 is 1.73 bits per heavy atom. The van der Waals surface area contributed by atoms with E-state index in [2.05, 4.69) is 0 Å². The van der Waals surface area contributed by atoms with Gasteiger partial charge in [0.15, 0.2) is 6.29 Å². The van der Waals surface area contributed by atoms with Gasteiger partial charge in [-0.3, -0.25) is 4.79 Å². The first-order valence-electron chi connectivity index (χ1n) is 4.71. The Hall–Kier alpha value is -1.83. The van der Waals surface area contributed by atoms with E-state index in [4.69, 9.17) is 7.85 Å². The van der Waals surface area contributed by atoms with E-state index in [-0.39, 0.29) is 0 Å². The van der Waals surface area contributed by atoms with E-state index in [1.54, 1.807) is 12.1 Å². The van der Waals surface area contributed by atoms with Crippen molar-refractivity contribution in [2.75, 3.05) is 0 Å². The quantitative estimate of drug-likeness (QED) is 0.525. The fraction of sp³-hybridized carbons (Fsp3) is 0. The number of rotatable bonds is 2. The van der Waals surface area contributed by atoms with Gasteiger partial charge >= 0.3 is 0 Å². The van der Waals surface area contributed by atoms with Crippen molar-refractivity contribution in [3.63, 3.8) is 0 Å². The van der Waals surface area contributed by atoms with Crippen LogP contribution in [0.3, 0.4) is 0 Å². The van der Waals surface area contributed by atoms with E-state index in [0.29, 0.717) is 11.0 Å². The van der Waals surface area contributed by atoms with Crippen molar-refractivity contribution in [1.82, 2.24) is 0 Å². The zero-order chi connectivity index (χ0) is 10.7. The minimum atomic E-state index is 0.608. The van der Waals surface area contributed by atoms with Crippen molar-refractivity contribution in [2.45, 2.75) is 0 Å². The second kappa shape index (κ2) is 4.14. The molecule has 0 atom stereocenters. The van der Waals surface area contributed by atoms with Gasteiger partial charge in [0.05, 0.1) is 0 Å². The van der Waals surface area contributed by atoms with Crippen LogP contribution >= 0.6 is 0 Å². The van der Waals surface area contributed by atoms with Gasteiger partial charge in [-0.25, -0.2) is 0 Å². The van der Waals surface area contributed by atoms with Crippen LogP contribution in [0.1, 0.15) is 10.4 Å². The summed E-state index contributed by atoms with van der Waals surface area (Å²) in [5.74, 6) is 0. The lowest BCUT2D eigenvalue weighted by Crippen LogP contribution is -2.03. The average molecular weight is 192 g/mol. The summed E-state index contributed by atoms with van der Waals surface area (Å²) in [6.45, 7) is 0. The van der Waals surface area contributed by atoms with Gasteiger partial charge in [0.2, 0.25) is 0 Å². The highest BCUT2D eigenvalue weighted by Crippen LogP contribution is 2.21. The molecule has 0 bridgehead atoms. The van der Waals surface area contributed by atoms with Crippen molar-refractivity contribution >= 4 is 19.6 Å². The summed E-state index contributed by atoms with van der Waals surface area (Å²) in [6.07, 6.45) is 0.832. The standard InChI is InChI=1S/C13H9BO/c14-12-6-7-13(11(8-12)9-15)10-4-2-1-3-5-10/h1-9H. The highest BCUT2D eigenvalue weighted by molar-refractivity contribution is 6.32. The lowest BCUT2D eigenvalue weighted by molar-refractivity contribution is 0.112. The largest absolute Gasteiger partial charge is 0.298 e. The summed E-state index contributed by atoms with van der Waals surface area (Å²) in [7, 11) is 5.62. The Kier molecular flexibility index (Phi) is 2.68. The van der Waals surface area contributed by atoms with Gasteiger partial charge in [0.1, 0.15) is 7.85 Å². The zero-order valence-electron chi connectivity index (χ0n) is 8.18. The molecule has 2 aromatic carbocycles. The SMILES string of the molecule is [B]c1ccc(-c2ccccc2)c(C=O)c1. The van der Waals surface area contributed by atoms with E-state index >= 15 is 0 Å². The van der Waals surface area contributed by atoms with Crippen LogP contribution < -0.4 is 5.46 Å². The van der Waals surface area contributed by atoms with Gasteiger partial charge in [0.25, 0.3) is 0 Å². The van der Waals surface area contributed by atoms with E-state index in [9.17, 15) is 4.79 Å². The summed E-state index contributed by atoms with van der Waals surface area (Å²) in [4.78, 5) is 10.9. The van der Waals surface area contributed by atoms with Gasteiger partial charge in [-0.15, -0.1) is 0 Å². The van der Waals surface area contributed by atoms with Gasteiger partial charge < -0.3 is 0 Å². The van der Waals surface area contributed by atoms with Crippen molar-refractivity contribution < 1.29 is 4.79 Å². The molecule has 2 heteroatoms. The fourth-order valence-electron chi connectivity index (χ4n) is 1.56. The smallest absolute Gasteiger partial charge is 0.150 e. The van der Waals surface area contributed by atoms with Crippen LogP contribution in [-0.4, -0.2) is 14.1 Å². The lowest BCUT2D eigenvalue weighted by atomic mass is 9.90. The molecular formula is C13H9BO. The van der Waals surface area contributed by atoms with Crippen LogP contribution in [0.5, 0.6) is 0 Å².